The van der Waals surface area contributed by atoms with Crippen LogP contribution in [0.4, 0.5) is 4.39 Å². The largest absolute Gasteiger partial charge is 0.313 e. The van der Waals surface area contributed by atoms with Crippen molar-refractivity contribution < 1.29 is 4.39 Å². The molecule has 18 heavy (non-hydrogen) atoms. The smallest absolute Gasteiger partial charge is 0.123 e. The van der Waals surface area contributed by atoms with Crippen molar-refractivity contribution in [1.82, 2.24) is 5.32 Å². The van der Waals surface area contributed by atoms with Gasteiger partial charge in [0.25, 0.3) is 0 Å². The Bertz CT molecular complexity index is 339. The maximum atomic E-state index is 12.9. The lowest BCUT2D eigenvalue weighted by Crippen LogP contribution is -2.20. The summed E-state index contributed by atoms with van der Waals surface area (Å²) in [5, 5.41) is 3.38. The average Bonchev–Trinajstić information content (AvgIpc) is 2.66. The van der Waals surface area contributed by atoms with Crippen LogP contribution < -0.4 is 5.32 Å². The highest BCUT2D eigenvalue weighted by Gasteiger charge is 2.18. The zero-order valence-corrected chi connectivity index (χ0v) is 11.3. The van der Waals surface area contributed by atoms with Crippen LogP contribution in [0.2, 0.25) is 0 Å². The second-order valence-electron chi connectivity index (χ2n) is 5.49. The van der Waals surface area contributed by atoms with Crippen LogP contribution in [0, 0.1) is 11.7 Å². The highest BCUT2D eigenvalue weighted by atomic mass is 19.1. The third-order valence-corrected chi connectivity index (χ3v) is 4.16. The van der Waals surface area contributed by atoms with Gasteiger partial charge in [0.15, 0.2) is 0 Å². The molecule has 1 N–H and O–H groups in total. The van der Waals surface area contributed by atoms with Crippen molar-refractivity contribution in [3.63, 3.8) is 0 Å². The summed E-state index contributed by atoms with van der Waals surface area (Å²) in [5.74, 6) is 0.679. The Morgan fingerprint density at radius 2 is 1.72 bits per heavy atom. The first-order valence-electron chi connectivity index (χ1n) is 7.22. The second-order valence-corrected chi connectivity index (χ2v) is 5.49. The van der Waals surface area contributed by atoms with E-state index in [0.29, 0.717) is 6.04 Å². The fourth-order valence-corrected chi connectivity index (χ4v) is 3.05. The molecule has 100 valence electrons. The minimum atomic E-state index is -0.150. The highest BCUT2D eigenvalue weighted by Crippen LogP contribution is 2.30. The Kier molecular flexibility index (Phi) is 5.18. The molecule has 0 aromatic heterocycles. The molecule has 0 amide bonds. The summed E-state index contributed by atoms with van der Waals surface area (Å²) in [6.45, 7) is 0. The standard InChI is InChI=1S/C16H24FN/c1-18-16(14-8-10-15(17)11-9-14)12-13-6-4-2-3-5-7-13/h8-11,13,16,18H,2-7,12H2,1H3. The molecule has 1 nitrogen and oxygen atoms in total. The average molecular weight is 249 g/mol. The molecule has 1 aliphatic carbocycles. The molecule has 1 fully saturated rings. The Morgan fingerprint density at radius 3 is 2.28 bits per heavy atom. The van der Waals surface area contributed by atoms with E-state index < -0.39 is 0 Å². The van der Waals surface area contributed by atoms with E-state index in [4.69, 9.17) is 0 Å². The summed E-state index contributed by atoms with van der Waals surface area (Å²) in [6, 6.07) is 7.31. The van der Waals surface area contributed by atoms with Gasteiger partial charge in [-0.3, -0.25) is 0 Å². The normalized spacial score (nSPS) is 19.4. The van der Waals surface area contributed by atoms with Crippen LogP contribution in [-0.4, -0.2) is 7.05 Å². The molecule has 1 unspecified atom stereocenters. The molecule has 0 aliphatic heterocycles. The van der Waals surface area contributed by atoms with E-state index in [9.17, 15) is 4.39 Å². The molecule has 1 saturated carbocycles. The number of nitrogens with one attached hydrogen (secondary N) is 1. The number of benzene rings is 1. The van der Waals surface area contributed by atoms with Crippen LogP contribution in [0.1, 0.15) is 56.6 Å². The Labute approximate surface area is 110 Å². The predicted octanol–water partition coefficient (Wildman–Crippen LogP) is 4.45. The molecular formula is C16H24FN. The maximum absolute atomic E-state index is 12.9. The summed E-state index contributed by atoms with van der Waals surface area (Å²) in [6.07, 6.45) is 9.46. The van der Waals surface area contributed by atoms with Crippen molar-refractivity contribution in [2.75, 3.05) is 7.05 Å². The van der Waals surface area contributed by atoms with Crippen molar-refractivity contribution in [3.05, 3.63) is 35.6 Å². The predicted molar refractivity (Wildman–Crippen MR) is 74.0 cm³/mol. The van der Waals surface area contributed by atoms with Crippen LogP contribution in [0.25, 0.3) is 0 Å². The van der Waals surface area contributed by atoms with Gasteiger partial charge < -0.3 is 5.32 Å². The van der Waals surface area contributed by atoms with E-state index in [1.807, 2.05) is 19.2 Å². The van der Waals surface area contributed by atoms with Crippen molar-refractivity contribution in [3.8, 4) is 0 Å². The topological polar surface area (TPSA) is 12.0 Å². The van der Waals surface area contributed by atoms with Gasteiger partial charge in [0.05, 0.1) is 0 Å². The van der Waals surface area contributed by atoms with Gasteiger partial charge in [-0.15, -0.1) is 0 Å². The lowest BCUT2D eigenvalue weighted by Gasteiger charge is -2.22. The van der Waals surface area contributed by atoms with Crippen molar-refractivity contribution in [2.45, 2.75) is 51.0 Å². The third kappa shape index (κ3) is 3.81. The molecule has 0 heterocycles. The van der Waals surface area contributed by atoms with Crippen LogP contribution >= 0.6 is 0 Å². The van der Waals surface area contributed by atoms with Crippen LogP contribution in [-0.2, 0) is 0 Å². The first kappa shape index (κ1) is 13.5. The van der Waals surface area contributed by atoms with Crippen molar-refractivity contribution in [1.29, 1.82) is 0 Å². The molecule has 2 rings (SSSR count). The molecule has 1 aromatic carbocycles. The van der Waals surface area contributed by atoms with Gasteiger partial charge in [0.2, 0.25) is 0 Å². The zero-order chi connectivity index (χ0) is 12.8. The van der Waals surface area contributed by atoms with Gasteiger partial charge in [-0.25, -0.2) is 4.39 Å². The maximum Gasteiger partial charge on any atom is 0.123 e. The fourth-order valence-electron chi connectivity index (χ4n) is 3.05. The van der Waals surface area contributed by atoms with Crippen LogP contribution in [0.3, 0.4) is 0 Å². The van der Waals surface area contributed by atoms with Gasteiger partial charge in [-0.2, -0.15) is 0 Å². The summed E-state index contributed by atoms with van der Waals surface area (Å²) < 4.78 is 12.9. The van der Waals surface area contributed by atoms with Crippen molar-refractivity contribution in [2.24, 2.45) is 5.92 Å². The van der Waals surface area contributed by atoms with E-state index in [1.54, 1.807) is 12.1 Å². The monoisotopic (exact) mass is 249 g/mol. The molecule has 1 aromatic rings. The SMILES string of the molecule is CNC(CC1CCCCCC1)c1ccc(F)cc1. The fraction of sp³-hybridized carbons (Fsp3) is 0.625. The number of hydrogen-bond acceptors (Lipinski definition) is 1. The third-order valence-electron chi connectivity index (χ3n) is 4.16. The van der Waals surface area contributed by atoms with E-state index in [0.717, 1.165) is 5.92 Å². The van der Waals surface area contributed by atoms with Crippen LogP contribution in [0.15, 0.2) is 24.3 Å². The molecule has 1 atom stereocenters. The molecule has 1 aliphatic rings. The highest BCUT2D eigenvalue weighted by molar-refractivity contribution is 5.19. The number of hydrogen-bond donors (Lipinski definition) is 1. The summed E-state index contributed by atoms with van der Waals surface area (Å²) in [4.78, 5) is 0. The summed E-state index contributed by atoms with van der Waals surface area (Å²) in [5.41, 5.74) is 1.21. The second kappa shape index (κ2) is 6.89. The molecule has 2 heteroatoms. The van der Waals surface area contributed by atoms with E-state index >= 15 is 0 Å². The lowest BCUT2D eigenvalue weighted by atomic mass is 9.89. The van der Waals surface area contributed by atoms with Crippen LogP contribution in [0.5, 0.6) is 0 Å². The van der Waals surface area contributed by atoms with Crippen molar-refractivity contribution >= 4 is 0 Å². The summed E-state index contributed by atoms with van der Waals surface area (Å²) in [7, 11) is 2.00. The van der Waals surface area contributed by atoms with E-state index in [2.05, 4.69) is 5.32 Å². The molecule has 0 saturated heterocycles. The quantitative estimate of drug-likeness (QED) is 0.777. The molecule has 0 radical (unpaired) electrons. The first-order chi connectivity index (χ1) is 8.79. The Morgan fingerprint density at radius 1 is 1.11 bits per heavy atom. The Hall–Kier alpha value is -0.890. The minimum absolute atomic E-state index is 0.150. The van der Waals surface area contributed by atoms with Gasteiger partial charge in [0.1, 0.15) is 5.82 Å². The first-order valence-corrected chi connectivity index (χ1v) is 7.22. The van der Waals surface area contributed by atoms with Gasteiger partial charge >= 0.3 is 0 Å². The Balaban J connectivity index is 1.97. The molecule has 0 bridgehead atoms. The summed E-state index contributed by atoms with van der Waals surface area (Å²) >= 11 is 0. The minimum Gasteiger partial charge on any atom is -0.313 e. The lowest BCUT2D eigenvalue weighted by molar-refractivity contribution is 0.368. The molecular weight excluding hydrogens is 225 g/mol. The van der Waals surface area contributed by atoms with Gasteiger partial charge in [-0.1, -0.05) is 50.7 Å². The van der Waals surface area contributed by atoms with Gasteiger partial charge in [-0.05, 0) is 37.1 Å². The zero-order valence-electron chi connectivity index (χ0n) is 11.3. The number of rotatable bonds is 4. The molecule has 0 spiro atoms. The van der Waals surface area contributed by atoms with E-state index in [-0.39, 0.29) is 5.82 Å². The number of halogens is 1. The van der Waals surface area contributed by atoms with Gasteiger partial charge in [0, 0.05) is 6.04 Å². The van der Waals surface area contributed by atoms with E-state index in [1.165, 1.54) is 50.5 Å².